The van der Waals surface area contributed by atoms with Crippen molar-refractivity contribution in [2.45, 2.75) is 44.8 Å². The van der Waals surface area contributed by atoms with E-state index in [2.05, 4.69) is 4.98 Å². The predicted octanol–water partition coefficient (Wildman–Crippen LogP) is 0.962. The molecule has 0 aliphatic carbocycles. The van der Waals surface area contributed by atoms with Crippen LogP contribution in [0.15, 0.2) is 46.1 Å². The Hall–Kier alpha value is -3.04. The van der Waals surface area contributed by atoms with Gasteiger partial charge in [-0.25, -0.2) is 9.59 Å². The molecule has 4 atom stereocenters. The number of carbonyl (C=O) groups excluding carboxylic acids is 2. The van der Waals surface area contributed by atoms with Gasteiger partial charge in [0, 0.05) is 18.4 Å². The van der Waals surface area contributed by atoms with E-state index in [0.717, 1.165) is 4.57 Å². The van der Waals surface area contributed by atoms with Crippen LogP contribution in [-0.4, -0.2) is 46.7 Å². The molecule has 1 aromatic carbocycles. The van der Waals surface area contributed by atoms with E-state index in [1.54, 1.807) is 30.3 Å². The molecule has 0 unspecified atom stereocenters. The van der Waals surface area contributed by atoms with Crippen molar-refractivity contribution >= 4 is 12.3 Å². The molecular formula is C20H22N2O7. The highest BCUT2D eigenvalue weighted by Gasteiger charge is 2.49. The highest BCUT2D eigenvalue weighted by atomic mass is 16.6. The Kier molecular flexibility index (Phi) is 6.40. The number of rotatable bonds is 7. The molecular weight excluding hydrogens is 380 g/mol. The molecule has 1 aromatic heterocycles. The summed E-state index contributed by atoms with van der Waals surface area (Å²) in [5.74, 6) is -0.637. The summed E-state index contributed by atoms with van der Waals surface area (Å²) in [7, 11) is 0. The number of aromatic amines is 1. The lowest BCUT2D eigenvalue weighted by atomic mass is 10.1. The molecule has 9 nitrogen and oxygen atoms in total. The third-order valence-electron chi connectivity index (χ3n) is 4.55. The van der Waals surface area contributed by atoms with Crippen molar-refractivity contribution in [3.8, 4) is 0 Å². The molecule has 1 fully saturated rings. The summed E-state index contributed by atoms with van der Waals surface area (Å²) in [4.78, 5) is 50.3. The fourth-order valence-corrected chi connectivity index (χ4v) is 3.10. The third kappa shape index (κ3) is 4.36. The summed E-state index contributed by atoms with van der Waals surface area (Å²) < 4.78 is 18.2. The summed E-state index contributed by atoms with van der Waals surface area (Å²) in [6.07, 6.45) is -1.65. The number of aryl methyl sites for hydroxylation is 1. The van der Waals surface area contributed by atoms with Crippen molar-refractivity contribution in [3.05, 3.63) is 68.5 Å². The summed E-state index contributed by atoms with van der Waals surface area (Å²) in [6.45, 7) is 3.73. The van der Waals surface area contributed by atoms with Crippen LogP contribution in [0.3, 0.4) is 0 Å². The number of hydrogen-bond donors (Lipinski definition) is 1. The molecule has 1 aliphatic heterocycles. The number of esters is 1. The lowest BCUT2D eigenvalue weighted by molar-refractivity contribution is -0.123. The van der Waals surface area contributed by atoms with Gasteiger partial charge < -0.3 is 19.0 Å². The van der Waals surface area contributed by atoms with Crippen LogP contribution in [0.5, 0.6) is 0 Å². The van der Waals surface area contributed by atoms with E-state index in [1.165, 1.54) is 13.1 Å². The average molecular weight is 402 g/mol. The molecule has 3 rings (SSSR count). The molecule has 29 heavy (non-hydrogen) atoms. The van der Waals surface area contributed by atoms with E-state index < -0.39 is 41.8 Å². The Balaban J connectivity index is 1.95. The van der Waals surface area contributed by atoms with Crippen molar-refractivity contribution in [1.82, 2.24) is 9.55 Å². The smallest absolute Gasteiger partial charge is 0.338 e. The first kappa shape index (κ1) is 20.7. The van der Waals surface area contributed by atoms with Crippen LogP contribution in [0, 0.1) is 6.92 Å². The van der Waals surface area contributed by atoms with Gasteiger partial charge in [-0.1, -0.05) is 25.1 Å². The highest BCUT2D eigenvalue weighted by Crippen LogP contribution is 2.33. The summed E-state index contributed by atoms with van der Waals surface area (Å²) in [5.41, 5.74) is -0.633. The highest BCUT2D eigenvalue weighted by molar-refractivity contribution is 5.89. The minimum atomic E-state index is -1.13. The van der Waals surface area contributed by atoms with Gasteiger partial charge in [-0.3, -0.25) is 14.3 Å². The van der Waals surface area contributed by atoms with Gasteiger partial charge >= 0.3 is 11.7 Å². The SMILES string of the molecule is CCCO[C@@H]1[C@H](OC(=O)c2ccccc2)[C@@H](C=O)O[C@H]1n1cc(C)c(=O)[nH]c1=O. The Morgan fingerprint density at radius 3 is 2.62 bits per heavy atom. The molecule has 0 radical (unpaired) electrons. The molecule has 9 heteroatoms. The first-order chi connectivity index (χ1) is 14.0. The largest absolute Gasteiger partial charge is 0.453 e. The standard InChI is InChI=1S/C20H22N2O7/c1-3-9-27-16-15(29-19(25)13-7-5-4-6-8-13)14(11-23)28-18(16)22-10-12(2)17(24)21-20(22)26/h4-8,10-11,14-16,18H,3,9H2,1-2H3,(H,21,24,26)/t14-,15-,16-,18-/m1/s1. The number of hydrogen-bond acceptors (Lipinski definition) is 7. The Bertz CT molecular complexity index is 982. The van der Waals surface area contributed by atoms with Crippen LogP contribution < -0.4 is 11.2 Å². The zero-order valence-corrected chi connectivity index (χ0v) is 16.1. The average Bonchev–Trinajstić information content (AvgIpc) is 3.06. The van der Waals surface area contributed by atoms with Gasteiger partial charge in [-0.2, -0.15) is 0 Å². The normalized spacial score (nSPS) is 23.7. The summed E-state index contributed by atoms with van der Waals surface area (Å²) in [5, 5.41) is 0. The second-order valence-electron chi connectivity index (χ2n) is 6.68. The minimum absolute atomic E-state index is 0.287. The zero-order chi connectivity index (χ0) is 21.0. The monoisotopic (exact) mass is 402 g/mol. The second-order valence-corrected chi connectivity index (χ2v) is 6.68. The number of nitrogens with zero attached hydrogens (tertiary/aromatic N) is 1. The van der Waals surface area contributed by atoms with E-state index >= 15 is 0 Å². The third-order valence-corrected chi connectivity index (χ3v) is 4.55. The van der Waals surface area contributed by atoms with E-state index in [4.69, 9.17) is 14.2 Å². The fraction of sp³-hybridized carbons (Fsp3) is 0.400. The number of H-pyrrole nitrogens is 1. The fourth-order valence-electron chi connectivity index (χ4n) is 3.10. The van der Waals surface area contributed by atoms with Gasteiger partial charge in [0.15, 0.2) is 24.7 Å². The number of ether oxygens (including phenoxy) is 3. The van der Waals surface area contributed by atoms with E-state index in [9.17, 15) is 19.2 Å². The van der Waals surface area contributed by atoms with Crippen LogP contribution in [0.25, 0.3) is 0 Å². The van der Waals surface area contributed by atoms with Gasteiger partial charge in [0.2, 0.25) is 0 Å². The van der Waals surface area contributed by atoms with Crippen LogP contribution in [0.2, 0.25) is 0 Å². The van der Waals surface area contributed by atoms with Crippen LogP contribution in [0.4, 0.5) is 0 Å². The minimum Gasteiger partial charge on any atom is -0.453 e. The number of carbonyl (C=O) groups is 2. The molecule has 1 saturated heterocycles. The number of aromatic nitrogens is 2. The van der Waals surface area contributed by atoms with Gasteiger partial charge in [0.1, 0.15) is 6.10 Å². The quantitative estimate of drug-likeness (QED) is 0.542. The van der Waals surface area contributed by atoms with Crippen LogP contribution in [0.1, 0.15) is 35.5 Å². The lowest BCUT2D eigenvalue weighted by Crippen LogP contribution is -2.42. The van der Waals surface area contributed by atoms with Crippen molar-refractivity contribution in [3.63, 3.8) is 0 Å². The molecule has 2 heterocycles. The number of nitrogens with one attached hydrogen (secondary N) is 1. The maximum absolute atomic E-state index is 12.5. The molecule has 0 spiro atoms. The van der Waals surface area contributed by atoms with Crippen molar-refractivity contribution in [2.24, 2.45) is 0 Å². The number of aldehydes is 1. The topological polar surface area (TPSA) is 117 Å². The zero-order valence-electron chi connectivity index (χ0n) is 16.1. The van der Waals surface area contributed by atoms with Gasteiger partial charge in [0.25, 0.3) is 5.56 Å². The molecule has 2 aromatic rings. The first-order valence-corrected chi connectivity index (χ1v) is 9.26. The molecule has 0 saturated carbocycles. The Morgan fingerprint density at radius 1 is 1.24 bits per heavy atom. The van der Waals surface area contributed by atoms with Gasteiger partial charge in [-0.15, -0.1) is 0 Å². The van der Waals surface area contributed by atoms with Crippen LogP contribution >= 0.6 is 0 Å². The van der Waals surface area contributed by atoms with Crippen LogP contribution in [-0.2, 0) is 19.0 Å². The second kappa shape index (κ2) is 8.97. The van der Waals surface area contributed by atoms with E-state index in [-0.39, 0.29) is 5.56 Å². The first-order valence-electron chi connectivity index (χ1n) is 9.26. The van der Waals surface area contributed by atoms with Gasteiger partial charge in [-0.05, 0) is 25.5 Å². The summed E-state index contributed by atoms with van der Waals surface area (Å²) >= 11 is 0. The number of benzene rings is 1. The maximum Gasteiger partial charge on any atom is 0.338 e. The van der Waals surface area contributed by atoms with E-state index in [0.29, 0.717) is 24.9 Å². The van der Waals surface area contributed by atoms with Crippen molar-refractivity contribution in [2.75, 3.05) is 6.61 Å². The lowest BCUT2D eigenvalue weighted by Gasteiger charge is -2.24. The Morgan fingerprint density at radius 2 is 1.97 bits per heavy atom. The van der Waals surface area contributed by atoms with Crippen molar-refractivity contribution in [1.29, 1.82) is 0 Å². The van der Waals surface area contributed by atoms with Crippen molar-refractivity contribution < 1.29 is 23.8 Å². The maximum atomic E-state index is 12.5. The van der Waals surface area contributed by atoms with E-state index in [1.807, 2.05) is 6.92 Å². The van der Waals surface area contributed by atoms with Gasteiger partial charge in [0.05, 0.1) is 5.56 Å². The predicted molar refractivity (Wildman–Crippen MR) is 102 cm³/mol. The molecule has 154 valence electrons. The molecule has 1 aliphatic rings. The molecule has 0 bridgehead atoms. The Labute approximate surface area is 166 Å². The summed E-state index contributed by atoms with van der Waals surface area (Å²) in [6, 6.07) is 8.31. The molecule has 0 amide bonds. The molecule has 1 N–H and O–H groups in total.